The number of esters is 2. The van der Waals surface area contributed by atoms with Crippen molar-refractivity contribution in [3.63, 3.8) is 0 Å². The number of thioether (sulfide) groups is 1. The summed E-state index contributed by atoms with van der Waals surface area (Å²) >= 11 is 1.57. The normalized spacial score (nSPS) is 23.3. The Labute approximate surface area is 166 Å². The molecular formula is C19H22N2O6S. The SMILES string of the molecule is COC(=O)c1ccc(CNC(=O)COC(=O)[C@H]2CS[C@@]3(C)CCC(=O)N23)cc1. The Bertz CT molecular complexity index is 796. The molecule has 1 aromatic rings. The van der Waals surface area contributed by atoms with Gasteiger partial charge in [0.1, 0.15) is 6.04 Å². The molecule has 0 aromatic heterocycles. The number of ether oxygens (including phenoxy) is 2. The highest BCUT2D eigenvalue weighted by molar-refractivity contribution is 8.01. The Morgan fingerprint density at radius 3 is 2.68 bits per heavy atom. The first-order chi connectivity index (χ1) is 13.3. The van der Waals surface area contributed by atoms with Crippen LogP contribution in [0.2, 0.25) is 0 Å². The molecule has 150 valence electrons. The summed E-state index contributed by atoms with van der Waals surface area (Å²) in [6.07, 6.45) is 1.15. The van der Waals surface area contributed by atoms with Gasteiger partial charge in [0.2, 0.25) is 5.91 Å². The Morgan fingerprint density at radius 1 is 1.29 bits per heavy atom. The molecule has 2 aliphatic rings. The summed E-state index contributed by atoms with van der Waals surface area (Å²) < 4.78 is 9.75. The number of amides is 2. The van der Waals surface area contributed by atoms with Crippen LogP contribution in [0.5, 0.6) is 0 Å². The van der Waals surface area contributed by atoms with Crippen molar-refractivity contribution >= 4 is 35.5 Å². The second kappa shape index (κ2) is 8.22. The van der Waals surface area contributed by atoms with Crippen LogP contribution >= 0.6 is 11.8 Å². The van der Waals surface area contributed by atoms with Gasteiger partial charge in [0, 0.05) is 18.7 Å². The summed E-state index contributed by atoms with van der Waals surface area (Å²) in [5.41, 5.74) is 1.21. The molecule has 9 heteroatoms. The maximum Gasteiger partial charge on any atom is 0.337 e. The first-order valence-electron chi connectivity index (χ1n) is 8.91. The van der Waals surface area contributed by atoms with Gasteiger partial charge in [0.05, 0.1) is 17.5 Å². The molecule has 0 unspecified atom stereocenters. The lowest BCUT2D eigenvalue weighted by atomic mass is 10.1. The van der Waals surface area contributed by atoms with Crippen LogP contribution in [0.1, 0.15) is 35.7 Å². The highest BCUT2D eigenvalue weighted by atomic mass is 32.2. The topological polar surface area (TPSA) is 102 Å². The maximum absolute atomic E-state index is 12.3. The molecule has 2 aliphatic heterocycles. The van der Waals surface area contributed by atoms with E-state index in [9.17, 15) is 19.2 Å². The van der Waals surface area contributed by atoms with Crippen LogP contribution in [0.3, 0.4) is 0 Å². The molecule has 0 saturated carbocycles. The van der Waals surface area contributed by atoms with Crippen LogP contribution in [-0.4, -0.2) is 59.0 Å². The van der Waals surface area contributed by atoms with Crippen molar-refractivity contribution in [2.75, 3.05) is 19.5 Å². The van der Waals surface area contributed by atoms with Gasteiger partial charge in [-0.2, -0.15) is 0 Å². The van der Waals surface area contributed by atoms with Crippen molar-refractivity contribution in [2.45, 2.75) is 37.2 Å². The minimum Gasteiger partial charge on any atom is -0.465 e. The van der Waals surface area contributed by atoms with Crippen molar-refractivity contribution < 1.29 is 28.7 Å². The fourth-order valence-corrected chi connectivity index (χ4v) is 4.77. The van der Waals surface area contributed by atoms with E-state index in [1.165, 1.54) is 7.11 Å². The number of hydrogen-bond acceptors (Lipinski definition) is 7. The van der Waals surface area contributed by atoms with Crippen molar-refractivity contribution in [3.8, 4) is 0 Å². The number of methoxy groups -OCH3 is 1. The lowest BCUT2D eigenvalue weighted by molar-refractivity contribution is -0.156. The number of nitrogens with one attached hydrogen (secondary N) is 1. The van der Waals surface area contributed by atoms with Crippen molar-refractivity contribution in [1.29, 1.82) is 0 Å². The largest absolute Gasteiger partial charge is 0.465 e. The van der Waals surface area contributed by atoms with E-state index >= 15 is 0 Å². The minimum absolute atomic E-state index is 0.0469. The predicted molar refractivity (Wildman–Crippen MR) is 101 cm³/mol. The summed E-state index contributed by atoms with van der Waals surface area (Å²) in [7, 11) is 1.31. The van der Waals surface area contributed by atoms with Crippen LogP contribution in [0.4, 0.5) is 0 Å². The first-order valence-corrected chi connectivity index (χ1v) is 9.89. The fraction of sp³-hybridized carbons (Fsp3) is 0.474. The standard InChI is InChI=1S/C19H22N2O6S/c1-19-8-7-16(23)21(19)14(11-28-19)18(25)27-10-15(22)20-9-12-3-5-13(6-4-12)17(24)26-2/h3-6,14H,7-11H2,1-2H3,(H,20,22)/t14-,19+/m1/s1. The Hall–Kier alpha value is -2.55. The summed E-state index contributed by atoms with van der Waals surface area (Å²) in [5, 5.41) is 2.65. The van der Waals surface area contributed by atoms with Crippen molar-refractivity contribution in [1.82, 2.24) is 10.2 Å². The van der Waals surface area contributed by atoms with E-state index in [0.717, 1.165) is 12.0 Å². The Morgan fingerprint density at radius 2 is 2.00 bits per heavy atom. The molecule has 1 aromatic carbocycles. The van der Waals surface area contributed by atoms with Crippen LogP contribution in [-0.2, 0) is 30.4 Å². The van der Waals surface area contributed by atoms with Gasteiger partial charge in [-0.05, 0) is 31.0 Å². The molecule has 2 fully saturated rings. The summed E-state index contributed by atoms with van der Waals surface area (Å²) in [5.74, 6) is -0.986. The average molecular weight is 406 g/mol. The second-order valence-corrected chi connectivity index (χ2v) is 8.34. The van der Waals surface area contributed by atoms with Gasteiger partial charge < -0.3 is 19.7 Å². The van der Waals surface area contributed by atoms with E-state index in [1.807, 2.05) is 6.92 Å². The highest BCUT2D eigenvalue weighted by Gasteiger charge is 2.53. The molecule has 0 radical (unpaired) electrons. The molecule has 0 bridgehead atoms. The number of fused-ring (bicyclic) bond motifs is 1. The Balaban J connectivity index is 1.45. The van der Waals surface area contributed by atoms with Gasteiger partial charge in [-0.1, -0.05) is 12.1 Å². The van der Waals surface area contributed by atoms with Crippen molar-refractivity contribution in [3.05, 3.63) is 35.4 Å². The molecule has 2 saturated heterocycles. The first kappa shape index (κ1) is 20.2. The highest BCUT2D eigenvalue weighted by Crippen LogP contribution is 2.47. The van der Waals surface area contributed by atoms with Gasteiger partial charge in [-0.15, -0.1) is 11.8 Å². The molecule has 2 heterocycles. The molecule has 2 atom stereocenters. The quantitative estimate of drug-likeness (QED) is 0.706. The van der Waals surface area contributed by atoms with E-state index in [0.29, 0.717) is 17.7 Å². The average Bonchev–Trinajstić information content (AvgIpc) is 3.20. The molecule has 0 spiro atoms. The summed E-state index contributed by atoms with van der Waals surface area (Å²) in [6.45, 7) is 1.78. The predicted octanol–water partition coefficient (Wildman–Crippen LogP) is 1.09. The molecule has 1 N–H and O–H groups in total. The zero-order chi connectivity index (χ0) is 20.3. The van der Waals surface area contributed by atoms with E-state index in [4.69, 9.17) is 4.74 Å². The molecule has 3 rings (SSSR count). The molecule has 28 heavy (non-hydrogen) atoms. The van der Waals surface area contributed by atoms with Crippen LogP contribution in [0, 0.1) is 0 Å². The van der Waals surface area contributed by atoms with E-state index < -0.39 is 30.5 Å². The van der Waals surface area contributed by atoms with E-state index in [-0.39, 0.29) is 17.3 Å². The fourth-order valence-electron chi connectivity index (χ4n) is 3.36. The molecule has 8 nitrogen and oxygen atoms in total. The molecular weight excluding hydrogens is 384 g/mol. The van der Waals surface area contributed by atoms with Gasteiger partial charge in [-0.3, -0.25) is 9.59 Å². The van der Waals surface area contributed by atoms with E-state index in [1.54, 1.807) is 40.9 Å². The molecule has 0 aliphatic carbocycles. The number of hydrogen-bond donors (Lipinski definition) is 1. The van der Waals surface area contributed by atoms with Gasteiger partial charge in [0.25, 0.3) is 5.91 Å². The van der Waals surface area contributed by atoms with Crippen LogP contribution < -0.4 is 5.32 Å². The van der Waals surface area contributed by atoms with Crippen LogP contribution in [0.15, 0.2) is 24.3 Å². The third-order valence-electron chi connectivity index (χ3n) is 4.93. The van der Waals surface area contributed by atoms with Gasteiger partial charge in [-0.25, -0.2) is 9.59 Å². The minimum atomic E-state index is -0.635. The summed E-state index contributed by atoms with van der Waals surface area (Å²) in [4.78, 5) is 49.0. The maximum atomic E-state index is 12.3. The zero-order valence-corrected chi connectivity index (χ0v) is 16.5. The number of rotatable bonds is 6. The third kappa shape index (κ3) is 4.14. The van der Waals surface area contributed by atoms with Gasteiger partial charge >= 0.3 is 11.9 Å². The second-order valence-electron chi connectivity index (χ2n) is 6.84. The number of carbonyl (C=O) groups excluding carboxylic acids is 4. The van der Waals surface area contributed by atoms with Crippen molar-refractivity contribution in [2.24, 2.45) is 0 Å². The lowest BCUT2D eigenvalue weighted by Gasteiger charge is -2.29. The Kier molecular flexibility index (Phi) is 5.93. The van der Waals surface area contributed by atoms with E-state index in [2.05, 4.69) is 10.1 Å². The summed E-state index contributed by atoms with van der Waals surface area (Å²) in [6, 6.07) is 5.98. The lowest BCUT2D eigenvalue weighted by Crippen LogP contribution is -2.47. The molecule has 2 amide bonds. The number of nitrogens with zero attached hydrogens (tertiary/aromatic N) is 1. The zero-order valence-electron chi connectivity index (χ0n) is 15.7. The monoisotopic (exact) mass is 406 g/mol. The number of benzene rings is 1. The van der Waals surface area contributed by atoms with Crippen LogP contribution in [0.25, 0.3) is 0 Å². The van der Waals surface area contributed by atoms with Gasteiger partial charge in [0.15, 0.2) is 6.61 Å². The number of carbonyl (C=O) groups is 4. The smallest absolute Gasteiger partial charge is 0.337 e. The third-order valence-corrected chi connectivity index (χ3v) is 6.43.